The van der Waals surface area contributed by atoms with Crippen LogP contribution in [-0.4, -0.2) is 18.3 Å². The molecule has 0 atom stereocenters. The van der Waals surface area contributed by atoms with Gasteiger partial charge >= 0.3 is 0 Å². The summed E-state index contributed by atoms with van der Waals surface area (Å²) in [6.07, 6.45) is 6.56. The number of aromatic amines is 1. The Morgan fingerprint density at radius 3 is 2.68 bits per heavy atom. The fourth-order valence-electron chi connectivity index (χ4n) is 2.85. The molecule has 1 aromatic heterocycles. The van der Waals surface area contributed by atoms with Crippen LogP contribution in [0.2, 0.25) is 0 Å². The van der Waals surface area contributed by atoms with Crippen molar-refractivity contribution in [2.45, 2.75) is 45.4 Å². The summed E-state index contributed by atoms with van der Waals surface area (Å²) >= 11 is 0. The Kier molecular flexibility index (Phi) is 4.75. The second-order valence-corrected chi connectivity index (χ2v) is 5.03. The summed E-state index contributed by atoms with van der Waals surface area (Å²) in [5, 5.41) is 21.5. The highest BCUT2D eigenvalue weighted by Crippen LogP contribution is 2.28. The van der Waals surface area contributed by atoms with Crippen molar-refractivity contribution in [3.05, 3.63) is 22.4 Å². The van der Waals surface area contributed by atoms with Crippen LogP contribution in [-0.2, 0) is 19.3 Å². The quantitative estimate of drug-likeness (QED) is 0.845. The molecule has 0 saturated heterocycles. The molecule has 0 fully saturated rings. The van der Waals surface area contributed by atoms with E-state index in [0.717, 1.165) is 43.5 Å². The maximum atomic E-state index is 9.42. The highest BCUT2D eigenvalue weighted by Gasteiger charge is 2.24. The molecule has 0 aliphatic heterocycles. The molecular formula is C15H22N3O+. The molecule has 19 heavy (non-hydrogen) atoms. The minimum Gasteiger partial charge on any atom is -0.392 e. The van der Waals surface area contributed by atoms with Crippen molar-refractivity contribution in [2.75, 3.05) is 18.5 Å². The molecule has 0 amide bonds. The zero-order valence-electron chi connectivity index (χ0n) is 11.6. The van der Waals surface area contributed by atoms with Crippen molar-refractivity contribution in [1.29, 1.82) is 5.26 Å². The van der Waals surface area contributed by atoms with Gasteiger partial charge in [-0.25, -0.2) is 4.98 Å². The summed E-state index contributed by atoms with van der Waals surface area (Å²) in [5.41, 5.74) is 4.58. The monoisotopic (exact) mass is 260 g/mol. The number of aryl methyl sites for hydroxylation is 1. The molecule has 1 heterocycles. The van der Waals surface area contributed by atoms with E-state index in [1.54, 1.807) is 0 Å². The van der Waals surface area contributed by atoms with Gasteiger partial charge in [0.05, 0.1) is 6.61 Å². The van der Waals surface area contributed by atoms with Crippen LogP contribution in [0.3, 0.4) is 0 Å². The Hall–Kier alpha value is -1.60. The number of anilines is 1. The third-order valence-electron chi connectivity index (χ3n) is 3.69. The summed E-state index contributed by atoms with van der Waals surface area (Å²) in [5.74, 6) is 0.778. The number of aromatic nitrogens is 1. The molecule has 0 saturated carbocycles. The maximum absolute atomic E-state index is 9.42. The van der Waals surface area contributed by atoms with Gasteiger partial charge in [-0.2, -0.15) is 5.26 Å². The predicted molar refractivity (Wildman–Crippen MR) is 73.9 cm³/mol. The van der Waals surface area contributed by atoms with Crippen molar-refractivity contribution < 1.29 is 10.1 Å². The zero-order chi connectivity index (χ0) is 13.7. The van der Waals surface area contributed by atoms with E-state index in [1.165, 1.54) is 23.2 Å². The lowest BCUT2D eigenvalue weighted by Gasteiger charge is -2.19. The highest BCUT2D eigenvalue weighted by molar-refractivity contribution is 5.56. The van der Waals surface area contributed by atoms with E-state index in [-0.39, 0.29) is 6.61 Å². The Morgan fingerprint density at radius 2 is 2.05 bits per heavy atom. The molecule has 0 radical (unpaired) electrons. The number of nitriles is 1. The lowest BCUT2D eigenvalue weighted by atomic mass is 9.87. The minimum absolute atomic E-state index is 0.0684. The number of H-pyrrole nitrogens is 1. The molecule has 0 spiro atoms. The Morgan fingerprint density at radius 1 is 1.32 bits per heavy atom. The molecule has 0 aromatic carbocycles. The van der Waals surface area contributed by atoms with E-state index >= 15 is 0 Å². The number of hydrogen-bond acceptors (Lipinski definition) is 3. The minimum atomic E-state index is 0.0684. The van der Waals surface area contributed by atoms with Crippen molar-refractivity contribution >= 4 is 5.82 Å². The van der Waals surface area contributed by atoms with Gasteiger partial charge in [-0.05, 0) is 43.2 Å². The average molecular weight is 260 g/mol. The van der Waals surface area contributed by atoms with Gasteiger partial charge in [0.2, 0.25) is 0 Å². The van der Waals surface area contributed by atoms with Crippen LogP contribution < -0.4 is 10.3 Å². The Balaban J connectivity index is 2.48. The molecule has 1 aromatic rings. The molecule has 4 nitrogen and oxygen atoms in total. The molecule has 102 valence electrons. The number of aliphatic hydroxyl groups excluding tert-OH is 1. The number of hydrogen-bond donors (Lipinski definition) is 2. The number of fused-ring (bicyclic) bond motifs is 1. The van der Waals surface area contributed by atoms with Crippen LogP contribution >= 0.6 is 0 Å². The SMILES string of the molecule is CCCc1[nH+]c(NCCO)c(C#N)c2c1CCCC2. The first-order valence-corrected chi connectivity index (χ1v) is 7.16. The summed E-state index contributed by atoms with van der Waals surface area (Å²) in [4.78, 5) is 3.38. The van der Waals surface area contributed by atoms with Crippen LogP contribution in [0, 0.1) is 11.3 Å². The maximum Gasteiger partial charge on any atom is 0.290 e. The number of rotatable bonds is 5. The standard InChI is InChI=1S/C15H21N3O/c1-2-5-14-12-7-4-3-6-11(12)13(10-16)15(18-14)17-8-9-19/h19H,2-9H2,1H3,(H,17,18)/p+1. The molecule has 3 N–H and O–H groups in total. The van der Waals surface area contributed by atoms with Gasteiger partial charge in [0.25, 0.3) is 5.82 Å². The molecule has 4 heteroatoms. The Bertz CT molecular complexity index is 491. The number of aliphatic hydroxyl groups is 1. The third kappa shape index (κ3) is 2.87. The summed E-state index contributed by atoms with van der Waals surface area (Å²) in [6.45, 7) is 2.70. The second-order valence-electron chi connectivity index (χ2n) is 5.03. The number of nitrogens with one attached hydrogen (secondary N) is 2. The zero-order valence-corrected chi connectivity index (χ0v) is 11.6. The van der Waals surface area contributed by atoms with E-state index in [2.05, 4.69) is 23.3 Å². The van der Waals surface area contributed by atoms with Crippen LogP contribution in [0.4, 0.5) is 5.82 Å². The molecule has 1 aliphatic rings. The molecular weight excluding hydrogens is 238 g/mol. The fraction of sp³-hybridized carbons (Fsp3) is 0.600. The van der Waals surface area contributed by atoms with E-state index in [4.69, 9.17) is 5.11 Å². The third-order valence-corrected chi connectivity index (χ3v) is 3.69. The van der Waals surface area contributed by atoms with Gasteiger partial charge in [-0.1, -0.05) is 6.92 Å². The van der Waals surface area contributed by atoms with Crippen molar-refractivity contribution in [3.8, 4) is 6.07 Å². The topological polar surface area (TPSA) is 70.2 Å². The van der Waals surface area contributed by atoms with Gasteiger partial charge in [-0.3, -0.25) is 5.32 Å². The summed E-state index contributed by atoms with van der Waals surface area (Å²) < 4.78 is 0. The lowest BCUT2D eigenvalue weighted by molar-refractivity contribution is -0.375. The van der Waals surface area contributed by atoms with Crippen LogP contribution in [0.25, 0.3) is 0 Å². The first-order chi connectivity index (χ1) is 9.31. The van der Waals surface area contributed by atoms with Crippen molar-refractivity contribution in [1.82, 2.24) is 0 Å². The van der Waals surface area contributed by atoms with Crippen molar-refractivity contribution in [2.24, 2.45) is 0 Å². The largest absolute Gasteiger partial charge is 0.392 e. The summed E-state index contributed by atoms with van der Waals surface area (Å²) in [7, 11) is 0. The molecule has 1 aliphatic carbocycles. The molecule has 0 unspecified atom stereocenters. The first-order valence-electron chi connectivity index (χ1n) is 7.16. The first kappa shape index (κ1) is 13.8. The molecule has 2 rings (SSSR count). The number of pyridine rings is 1. The van der Waals surface area contributed by atoms with Gasteiger partial charge < -0.3 is 5.11 Å². The highest BCUT2D eigenvalue weighted by atomic mass is 16.3. The van der Waals surface area contributed by atoms with E-state index < -0.39 is 0 Å². The van der Waals surface area contributed by atoms with Gasteiger partial charge in [-0.15, -0.1) is 0 Å². The van der Waals surface area contributed by atoms with Crippen LogP contribution in [0.5, 0.6) is 0 Å². The number of nitrogens with zero attached hydrogens (tertiary/aromatic N) is 1. The second kappa shape index (κ2) is 6.53. The average Bonchev–Trinajstić information content (AvgIpc) is 2.45. The summed E-state index contributed by atoms with van der Waals surface area (Å²) in [6, 6.07) is 2.33. The van der Waals surface area contributed by atoms with Crippen LogP contribution in [0.15, 0.2) is 0 Å². The van der Waals surface area contributed by atoms with E-state index in [1.807, 2.05) is 0 Å². The normalized spacial score (nSPS) is 13.7. The van der Waals surface area contributed by atoms with Crippen molar-refractivity contribution in [3.63, 3.8) is 0 Å². The fourth-order valence-corrected chi connectivity index (χ4v) is 2.85. The van der Waals surface area contributed by atoms with Gasteiger partial charge in [0, 0.05) is 6.42 Å². The van der Waals surface area contributed by atoms with Gasteiger partial charge in [0.15, 0.2) is 0 Å². The van der Waals surface area contributed by atoms with E-state index in [9.17, 15) is 5.26 Å². The van der Waals surface area contributed by atoms with Crippen LogP contribution in [0.1, 0.15) is 48.6 Å². The Labute approximate surface area is 114 Å². The predicted octanol–water partition coefficient (Wildman–Crippen LogP) is 1.61. The lowest BCUT2D eigenvalue weighted by Crippen LogP contribution is -2.26. The molecule has 0 bridgehead atoms. The van der Waals surface area contributed by atoms with E-state index in [0.29, 0.717) is 6.54 Å². The smallest absolute Gasteiger partial charge is 0.290 e. The van der Waals surface area contributed by atoms with Gasteiger partial charge in [0.1, 0.15) is 23.9 Å².